The summed E-state index contributed by atoms with van der Waals surface area (Å²) in [5, 5.41) is 0. The van der Waals surface area contributed by atoms with Crippen molar-refractivity contribution in [2.45, 2.75) is 45.1 Å². The lowest BCUT2D eigenvalue weighted by atomic mass is 10.0. The van der Waals surface area contributed by atoms with Gasteiger partial charge in [0.05, 0.1) is 5.69 Å². The molecule has 1 amide bonds. The molecule has 0 atom stereocenters. The van der Waals surface area contributed by atoms with Crippen LogP contribution in [-0.2, 0) is 17.8 Å². The van der Waals surface area contributed by atoms with E-state index < -0.39 is 0 Å². The highest BCUT2D eigenvalue weighted by molar-refractivity contribution is 5.76. The van der Waals surface area contributed by atoms with Crippen molar-refractivity contribution >= 4 is 5.91 Å². The summed E-state index contributed by atoms with van der Waals surface area (Å²) in [6.45, 7) is 1.51. The Labute approximate surface area is 107 Å². The number of aromatic nitrogens is 2. The van der Waals surface area contributed by atoms with Gasteiger partial charge < -0.3 is 4.90 Å². The van der Waals surface area contributed by atoms with E-state index in [1.54, 1.807) is 6.33 Å². The van der Waals surface area contributed by atoms with Gasteiger partial charge in [-0.15, -0.1) is 0 Å². The van der Waals surface area contributed by atoms with Crippen LogP contribution in [-0.4, -0.2) is 27.3 Å². The second-order valence-corrected chi connectivity index (χ2v) is 5.41. The Hall–Kier alpha value is -1.45. The molecular weight excluding hydrogens is 226 g/mol. The third kappa shape index (κ3) is 2.37. The highest BCUT2D eigenvalue weighted by atomic mass is 16.2. The fourth-order valence-electron chi connectivity index (χ4n) is 3.07. The average molecular weight is 245 g/mol. The number of hydrogen-bond acceptors (Lipinski definition) is 3. The predicted molar refractivity (Wildman–Crippen MR) is 67.7 cm³/mol. The van der Waals surface area contributed by atoms with Gasteiger partial charge in [0.25, 0.3) is 0 Å². The number of carbonyl (C=O) groups excluding carboxylic acids is 1. The normalized spacial score (nSPS) is 19.9. The molecule has 3 rings (SSSR count). The molecule has 1 aliphatic heterocycles. The molecule has 4 heteroatoms. The Bertz CT molecular complexity index is 440. The lowest BCUT2D eigenvalue weighted by Crippen LogP contribution is -2.37. The lowest BCUT2D eigenvalue weighted by Gasteiger charge is -2.28. The monoisotopic (exact) mass is 245 g/mol. The fourth-order valence-corrected chi connectivity index (χ4v) is 3.07. The second-order valence-electron chi connectivity index (χ2n) is 5.41. The summed E-state index contributed by atoms with van der Waals surface area (Å²) in [7, 11) is 0. The third-order valence-corrected chi connectivity index (χ3v) is 4.15. The van der Waals surface area contributed by atoms with Crippen LogP contribution in [0.15, 0.2) is 12.5 Å². The molecule has 2 aliphatic rings. The summed E-state index contributed by atoms with van der Waals surface area (Å²) in [6, 6.07) is 0. The van der Waals surface area contributed by atoms with Crippen molar-refractivity contribution in [1.29, 1.82) is 0 Å². The molecule has 1 aromatic rings. The van der Waals surface area contributed by atoms with Gasteiger partial charge in [0.15, 0.2) is 0 Å². The molecule has 96 valence electrons. The van der Waals surface area contributed by atoms with Crippen LogP contribution >= 0.6 is 0 Å². The van der Waals surface area contributed by atoms with E-state index in [1.807, 2.05) is 11.1 Å². The summed E-state index contributed by atoms with van der Waals surface area (Å²) in [6.07, 6.45) is 10.1. The number of carbonyl (C=O) groups is 1. The molecule has 1 aliphatic carbocycles. The molecule has 0 radical (unpaired) electrons. The van der Waals surface area contributed by atoms with E-state index >= 15 is 0 Å². The third-order valence-electron chi connectivity index (χ3n) is 4.15. The van der Waals surface area contributed by atoms with Gasteiger partial charge >= 0.3 is 0 Å². The minimum absolute atomic E-state index is 0.316. The summed E-state index contributed by atoms with van der Waals surface area (Å²) in [5.74, 6) is 0.947. The number of nitrogens with zero attached hydrogens (tertiary/aromatic N) is 3. The van der Waals surface area contributed by atoms with Crippen LogP contribution in [0.3, 0.4) is 0 Å². The molecule has 2 heterocycles. The summed E-state index contributed by atoms with van der Waals surface area (Å²) in [4.78, 5) is 22.5. The van der Waals surface area contributed by atoms with E-state index in [0.29, 0.717) is 18.4 Å². The van der Waals surface area contributed by atoms with Crippen molar-refractivity contribution in [2.24, 2.45) is 5.92 Å². The van der Waals surface area contributed by atoms with Crippen LogP contribution in [0, 0.1) is 5.92 Å². The van der Waals surface area contributed by atoms with E-state index in [4.69, 9.17) is 0 Å². The van der Waals surface area contributed by atoms with Crippen molar-refractivity contribution < 1.29 is 4.79 Å². The van der Waals surface area contributed by atoms with E-state index in [-0.39, 0.29) is 0 Å². The minimum Gasteiger partial charge on any atom is -0.338 e. The Morgan fingerprint density at radius 3 is 3.06 bits per heavy atom. The maximum atomic E-state index is 12.2. The lowest BCUT2D eigenvalue weighted by molar-refractivity contribution is -0.133. The maximum absolute atomic E-state index is 12.2. The molecule has 1 fully saturated rings. The van der Waals surface area contributed by atoms with Gasteiger partial charge in [0, 0.05) is 37.7 Å². The van der Waals surface area contributed by atoms with Gasteiger partial charge in [-0.3, -0.25) is 4.79 Å². The van der Waals surface area contributed by atoms with Crippen molar-refractivity contribution in [3.05, 3.63) is 23.8 Å². The fraction of sp³-hybridized carbons (Fsp3) is 0.643. The molecule has 4 nitrogen and oxygen atoms in total. The summed E-state index contributed by atoms with van der Waals surface area (Å²) in [5.41, 5.74) is 2.22. The number of fused-ring (bicyclic) bond motifs is 1. The number of amides is 1. The van der Waals surface area contributed by atoms with Crippen LogP contribution in [0.25, 0.3) is 0 Å². The molecule has 18 heavy (non-hydrogen) atoms. The van der Waals surface area contributed by atoms with Gasteiger partial charge in [-0.2, -0.15) is 0 Å². The molecule has 0 N–H and O–H groups in total. The van der Waals surface area contributed by atoms with Crippen LogP contribution in [0.2, 0.25) is 0 Å². The first-order valence-corrected chi connectivity index (χ1v) is 6.88. The standard InChI is InChI=1S/C14H19N3O/c18-14(7-11-3-1-2-4-11)17-6-5-13-12(9-17)8-15-10-16-13/h8,10-11H,1-7,9H2. The molecular formula is C14H19N3O. The van der Waals surface area contributed by atoms with E-state index in [9.17, 15) is 4.79 Å². The topological polar surface area (TPSA) is 46.1 Å². The predicted octanol–water partition coefficient (Wildman–Crippen LogP) is 1.94. The van der Waals surface area contributed by atoms with Crippen molar-refractivity contribution in [2.75, 3.05) is 6.54 Å². The van der Waals surface area contributed by atoms with Gasteiger partial charge in [-0.25, -0.2) is 9.97 Å². The first kappa shape index (κ1) is 11.6. The Balaban J connectivity index is 1.62. The second kappa shape index (κ2) is 5.04. The largest absolute Gasteiger partial charge is 0.338 e. The van der Waals surface area contributed by atoms with Gasteiger partial charge in [0.1, 0.15) is 6.33 Å². The van der Waals surface area contributed by atoms with Crippen LogP contribution in [0.5, 0.6) is 0 Å². The number of rotatable bonds is 2. The zero-order chi connectivity index (χ0) is 12.4. The molecule has 0 aromatic carbocycles. The smallest absolute Gasteiger partial charge is 0.223 e. The SMILES string of the molecule is O=C(CC1CCCC1)N1CCc2ncncc2C1. The Morgan fingerprint density at radius 2 is 2.22 bits per heavy atom. The molecule has 0 bridgehead atoms. The van der Waals surface area contributed by atoms with Crippen LogP contribution in [0.4, 0.5) is 0 Å². The zero-order valence-corrected chi connectivity index (χ0v) is 10.6. The Kier molecular flexibility index (Phi) is 3.26. The van der Waals surface area contributed by atoms with Gasteiger partial charge in [-0.1, -0.05) is 12.8 Å². The van der Waals surface area contributed by atoms with Crippen LogP contribution in [0.1, 0.15) is 43.4 Å². The summed E-state index contributed by atoms with van der Waals surface area (Å²) < 4.78 is 0. The highest BCUT2D eigenvalue weighted by Crippen LogP contribution is 2.28. The average Bonchev–Trinajstić information content (AvgIpc) is 2.91. The first-order valence-electron chi connectivity index (χ1n) is 6.88. The van der Waals surface area contributed by atoms with Gasteiger partial charge in [0.2, 0.25) is 5.91 Å². The van der Waals surface area contributed by atoms with E-state index in [0.717, 1.165) is 30.6 Å². The molecule has 0 saturated heterocycles. The molecule has 1 aromatic heterocycles. The van der Waals surface area contributed by atoms with Crippen LogP contribution < -0.4 is 0 Å². The molecule has 1 saturated carbocycles. The number of hydrogen-bond donors (Lipinski definition) is 0. The van der Waals surface area contributed by atoms with Gasteiger partial charge in [-0.05, 0) is 18.8 Å². The Morgan fingerprint density at radius 1 is 1.39 bits per heavy atom. The first-order chi connectivity index (χ1) is 8.83. The molecule has 0 unspecified atom stereocenters. The highest BCUT2D eigenvalue weighted by Gasteiger charge is 2.25. The van der Waals surface area contributed by atoms with E-state index in [2.05, 4.69) is 9.97 Å². The van der Waals surface area contributed by atoms with E-state index in [1.165, 1.54) is 25.7 Å². The summed E-state index contributed by atoms with van der Waals surface area (Å²) >= 11 is 0. The zero-order valence-electron chi connectivity index (χ0n) is 10.6. The minimum atomic E-state index is 0.316. The molecule has 0 spiro atoms. The van der Waals surface area contributed by atoms with Crippen molar-refractivity contribution in [3.63, 3.8) is 0 Å². The van der Waals surface area contributed by atoms with Crippen molar-refractivity contribution in [3.8, 4) is 0 Å². The quantitative estimate of drug-likeness (QED) is 0.800. The maximum Gasteiger partial charge on any atom is 0.223 e. The van der Waals surface area contributed by atoms with Crippen molar-refractivity contribution in [1.82, 2.24) is 14.9 Å².